The molecule has 2 atom stereocenters. The van der Waals surface area contributed by atoms with Crippen LogP contribution in [-0.4, -0.2) is 48.8 Å². The monoisotopic (exact) mass is 408 g/mol. The van der Waals surface area contributed by atoms with Crippen molar-refractivity contribution in [1.29, 1.82) is 0 Å². The second-order valence-electron chi connectivity index (χ2n) is 7.10. The molecule has 5 rings (SSSR count). The Morgan fingerprint density at radius 1 is 0.600 bits per heavy atom. The molecule has 2 unspecified atom stereocenters. The maximum absolute atomic E-state index is 8.65. The zero-order chi connectivity index (χ0) is 20.8. The fraction of sp³-hybridized carbons (Fsp3) is 0.250. The first-order valence-corrected chi connectivity index (χ1v) is 9.83. The van der Waals surface area contributed by atoms with Crippen LogP contribution in [0.15, 0.2) is 72.8 Å². The molecule has 0 bridgehead atoms. The SMILES string of the molecule is Oc1ccc(O)cc1.c1cc(-c2ccc(OCC3CO3)cc2)ccc1OCC1CO1. The first-order valence-electron chi connectivity index (χ1n) is 9.83. The van der Waals surface area contributed by atoms with Crippen LogP contribution in [0.25, 0.3) is 11.1 Å². The molecule has 0 radical (unpaired) electrons. The number of hydrogen-bond donors (Lipinski definition) is 2. The molecule has 0 aromatic heterocycles. The van der Waals surface area contributed by atoms with Gasteiger partial charge in [-0.25, -0.2) is 0 Å². The number of phenolic OH excluding ortho intramolecular Hbond substituents is 2. The first kappa shape index (κ1) is 20.1. The van der Waals surface area contributed by atoms with Gasteiger partial charge in [-0.15, -0.1) is 0 Å². The summed E-state index contributed by atoms with van der Waals surface area (Å²) in [7, 11) is 0. The molecular formula is C24H24O6. The first-order chi connectivity index (χ1) is 14.7. The average molecular weight is 408 g/mol. The van der Waals surface area contributed by atoms with Gasteiger partial charge in [0.25, 0.3) is 0 Å². The second kappa shape index (κ2) is 9.52. The predicted molar refractivity (Wildman–Crippen MR) is 112 cm³/mol. The van der Waals surface area contributed by atoms with E-state index in [9.17, 15) is 0 Å². The molecule has 2 fully saturated rings. The summed E-state index contributed by atoms with van der Waals surface area (Å²) in [5.74, 6) is 2.10. The molecule has 0 saturated carbocycles. The highest BCUT2D eigenvalue weighted by molar-refractivity contribution is 5.64. The van der Waals surface area contributed by atoms with Crippen LogP contribution in [-0.2, 0) is 9.47 Å². The Bertz CT molecular complexity index is 835. The summed E-state index contributed by atoms with van der Waals surface area (Å²) in [4.78, 5) is 0. The lowest BCUT2D eigenvalue weighted by Gasteiger charge is -2.08. The van der Waals surface area contributed by atoms with Gasteiger partial charge in [0, 0.05) is 0 Å². The molecule has 3 aromatic rings. The topological polar surface area (TPSA) is 84.0 Å². The zero-order valence-electron chi connectivity index (χ0n) is 16.4. The standard InChI is InChI=1S/C18H18O4.C6H6O2/c1-5-15(19-9-17-11-21-17)6-2-13(1)14-3-7-16(8-4-14)20-10-18-12-22-18;7-5-1-2-6(8)4-3-5/h1-8,17-18H,9-12H2;1-4,7-8H. The van der Waals surface area contributed by atoms with Crippen LogP contribution in [0.3, 0.4) is 0 Å². The van der Waals surface area contributed by atoms with Gasteiger partial charge in [0.05, 0.1) is 13.2 Å². The van der Waals surface area contributed by atoms with Crippen LogP contribution in [0.1, 0.15) is 0 Å². The van der Waals surface area contributed by atoms with Gasteiger partial charge in [0.2, 0.25) is 0 Å². The van der Waals surface area contributed by atoms with E-state index >= 15 is 0 Å². The molecular weight excluding hydrogens is 384 g/mol. The number of phenols is 2. The minimum Gasteiger partial charge on any atom is -0.508 e. The third-order valence-electron chi connectivity index (χ3n) is 4.57. The van der Waals surface area contributed by atoms with Gasteiger partial charge in [-0.1, -0.05) is 24.3 Å². The van der Waals surface area contributed by atoms with Gasteiger partial charge in [-0.3, -0.25) is 0 Å². The number of rotatable bonds is 7. The van der Waals surface area contributed by atoms with Crippen molar-refractivity contribution >= 4 is 0 Å². The van der Waals surface area contributed by atoms with E-state index in [1.165, 1.54) is 24.3 Å². The van der Waals surface area contributed by atoms with Crippen LogP contribution in [0.2, 0.25) is 0 Å². The zero-order valence-corrected chi connectivity index (χ0v) is 16.4. The number of ether oxygens (including phenoxy) is 4. The molecule has 0 aliphatic carbocycles. The van der Waals surface area contributed by atoms with Crippen molar-refractivity contribution in [1.82, 2.24) is 0 Å². The predicted octanol–water partition coefficient (Wildman–Crippen LogP) is 4.01. The van der Waals surface area contributed by atoms with Crippen molar-refractivity contribution in [3.05, 3.63) is 72.8 Å². The number of benzene rings is 3. The average Bonchev–Trinajstić information content (AvgIpc) is 3.69. The Hall–Kier alpha value is -3.22. The molecule has 6 heteroatoms. The summed E-state index contributed by atoms with van der Waals surface area (Å²) in [6.07, 6.45) is 0.571. The van der Waals surface area contributed by atoms with E-state index in [-0.39, 0.29) is 23.7 Å². The molecule has 156 valence electrons. The highest BCUT2D eigenvalue weighted by Gasteiger charge is 2.23. The fourth-order valence-corrected chi connectivity index (χ4v) is 2.65. The number of hydrogen-bond acceptors (Lipinski definition) is 6. The normalized spacial score (nSPS) is 18.7. The van der Waals surface area contributed by atoms with E-state index in [1.54, 1.807) is 0 Å². The maximum atomic E-state index is 8.65. The summed E-state index contributed by atoms with van der Waals surface area (Å²) in [5, 5.41) is 17.3. The third kappa shape index (κ3) is 6.40. The van der Waals surface area contributed by atoms with Crippen LogP contribution in [0.5, 0.6) is 23.0 Å². The molecule has 6 nitrogen and oxygen atoms in total. The summed E-state index contributed by atoms with van der Waals surface area (Å²) in [5.41, 5.74) is 2.32. The lowest BCUT2D eigenvalue weighted by atomic mass is 10.1. The Morgan fingerprint density at radius 2 is 0.933 bits per heavy atom. The van der Waals surface area contributed by atoms with E-state index in [0.717, 1.165) is 35.8 Å². The smallest absolute Gasteiger partial charge is 0.119 e. The fourth-order valence-electron chi connectivity index (χ4n) is 2.65. The van der Waals surface area contributed by atoms with Gasteiger partial charge >= 0.3 is 0 Å². The van der Waals surface area contributed by atoms with Crippen LogP contribution >= 0.6 is 0 Å². The Kier molecular flexibility index (Phi) is 6.37. The Balaban J connectivity index is 0.000000230. The molecule has 30 heavy (non-hydrogen) atoms. The van der Waals surface area contributed by atoms with Crippen molar-refractivity contribution in [3.8, 4) is 34.1 Å². The van der Waals surface area contributed by atoms with Gasteiger partial charge in [0.1, 0.15) is 48.4 Å². The number of aromatic hydroxyl groups is 2. The Morgan fingerprint density at radius 3 is 1.23 bits per heavy atom. The molecule has 0 amide bonds. The molecule has 2 N–H and O–H groups in total. The minimum absolute atomic E-state index is 0.169. The van der Waals surface area contributed by atoms with Crippen LogP contribution in [0.4, 0.5) is 0 Å². The Labute approximate surface area is 175 Å². The van der Waals surface area contributed by atoms with Crippen molar-refractivity contribution in [2.24, 2.45) is 0 Å². The highest BCUT2D eigenvalue weighted by Crippen LogP contribution is 2.25. The number of epoxide rings is 2. The lowest BCUT2D eigenvalue weighted by molar-refractivity contribution is 0.263. The molecule has 2 aliphatic heterocycles. The third-order valence-corrected chi connectivity index (χ3v) is 4.57. The highest BCUT2D eigenvalue weighted by atomic mass is 16.6. The van der Waals surface area contributed by atoms with Crippen LogP contribution < -0.4 is 9.47 Å². The summed E-state index contributed by atoms with van der Waals surface area (Å²) in [6, 6.07) is 21.9. The second-order valence-corrected chi connectivity index (χ2v) is 7.10. The quantitative estimate of drug-likeness (QED) is 0.454. The molecule has 2 saturated heterocycles. The largest absolute Gasteiger partial charge is 0.508 e. The molecule has 0 spiro atoms. The minimum atomic E-state index is 0.169. The molecule has 2 heterocycles. The van der Waals surface area contributed by atoms with E-state index in [0.29, 0.717) is 13.2 Å². The van der Waals surface area contributed by atoms with E-state index in [1.807, 2.05) is 24.3 Å². The molecule has 2 aliphatic rings. The summed E-state index contributed by atoms with van der Waals surface area (Å²) in [6.45, 7) is 2.91. The van der Waals surface area contributed by atoms with Crippen LogP contribution in [0, 0.1) is 0 Å². The van der Waals surface area contributed by atoms with E-state index in [4.69, 9.17) is 29.2 Å². The van der Waals surface area contributed by atoms with Gasteiger partial charge < -0.3 is 29.2 Å². The van der Waals surface area contributed by atoms with Crippen molar-refractivity contribution in [3.63, 3.8) is 0 Å². The van der Waals surface area contributed by atoms with Gasteiger partial charge in [-0.05, 0) is 59.7 Å². The summed E-state index contributed by atoms with van der Waals surface area (Å²) < 4.78 is 21.5. The van der Waals surface area contributed by atoms with Gasteiger partial charge in [-0.2, -0.15) is 0 Å². The van der Waals surface area contributed by atoms with E-state index < -0.39 is 0 Å². The maximum Gasteiger partial charge on any atom is 0.119 e. The van der Waals surface area contributed by atoms with Crippen molar-refractivity contribution < 1.29 is 29.2 Å². The van der Waals surface area contributed by atoms with Crippen molar-refractivity contribution in [2.75, 3.05) is 26.4 Å². The lowest BCUT2D eigenvalue weighted by Crippen LogP contribution is -2.03. The van der Waals surface area contributed by atoms with Gasteiger partial charge in [0.15, 0.2) is 0 Å². The molecule has 3 aromatic carbocycles. The van der Waals surface area contributed by atoms with Crippen molar-refractivity contribution in [2.45, 2.75) is 12.2 Å². The van der Waals surface area contributed by atoms with E-state index in [2.05, 4.69) is 24.3 Å². The summed E-state index contributed by atoms with van der Waals surface area (Å²) >= 11 is 0.